The number of nitrogens with zero attached hydrogens (tertiary/aromatic N) is 1. The number of rotatable bonds is 5. The van der Waals surface area contributed by atoms with Gasteiger partial charge in [0.15, 0.2) is 0 Å². The van der Waals surface area contributed by atoms with Crippen molar-refractivity contribution in [2.24, 2.45) is 5.92 Å². The molecule has 4 heteroatoms. The minimum atomic E-state index is -0.312. The van der Waals surface area contributed by atoms with Gasteiger partial charge in [-0.1, -0.05) is 35.9 Å². The molecule has 1 aliphatic carbocycles. The van der Waals surface area contributed by atoms with Crippen LogP contribution in [-0.2, 0) is 4.74 Å². The van der Waals surface area contributed by atoms with Gasteiger partial charge in [-0.2, -0.15) is 0 Å². The van der Waals surface area contributed by atoms with E-state index in [1.165, 1.54) is 18.2 Å². The van der Waals surface area contributed by atoms with Gasteiger partial charge in [0.05, 0.1) is 12.7 Å². The van der Waals surface area contributed by atoms with Crippen molar-refractivity contribution >= 4 is 12.0 Å². The molecule has 2 atom stereocenters. The lowest BCUT2D eigenvalue weighted by Crippen LogP contribution is -2.29. The Balaban J connectivity index is 1.86. The third-order valence-corrected chi connectivity index (χ3v) is 5.46. The molecule has 1 fully saturated rings. The number of hydrogen-bond donors (Lipinski definition) is 1. The molecular formula is C24H29NO3. The molecule has 28 heavy (non-hydrogen) atoms. The summed E-state index contributed by atoms with van der Waals surface area (Å²) < 4.78 is 4.83. The number of aromatic hydroxyl groups is 1. The first-order chi connectivity index (χ1) is 13.5. The Kier molecular flexibility index (Phi) is 6.53. The highest BCUT2D eigenvalue weighted by Crippen LogP contribution is 2.42. The monoisotopic (exact) mass is 379 g/mol. The number of allylic oxidation sites excluding steroid dienone is 1. The quantitative estimate of drug-likeness (QED) is 0.765. The third-order valence-electron chi connectivity index (χ3n) is 5.46. The summed E-state index contributed by atoms with van der Waals surface area (Å²) >= 11 is 0. The van der Waals surface area contributed by atoms with Crippen LogP contribution in [0.15, 0.2) is 54.1 Å². The molecule has 0 spiro atoms. The molecule has 0 radical (unpaired) electrons. The van der Waals surface area contributed by atoms with Crippen molar-refractivity contribution < 1.29 is 14.6 Å². The number of phenolic OH excluding ortho intramolecular Hbond substituents is 1. The summed E-state index contributed by atoms with van der Waals surface area (Å²) in [7, 11) is 5.63. The lowest BCUT2D eigenvalue weighted by molar-refractivity contribution is 0.0600. The number of phenols is 1. The van der Waals surface area contributed by atoms with Gasteiger partial charge in [0.2, 0.25) is 0 Å². The maximum absolute atomic E-state index is 11.8. The molecule has 0 amide bonds. The second-order valence-electron chi connectivity index (χ2n) is 7.89. The SMILES string of the molecule is COC(=O)c1cccc(C=C2CC[C@@H](CN(C)C)[C@@H](c3cccc(O)c3)C2)c1. The number of benzene rings is 2. The molecule has 0 aliphatic heterocycles. The fourth-order valence-corrected chi connectivity index (χ4v) is 4.20. The second-order valence-corrected chi connectivity index (χ2v) is 7.89. The summed E-state index contributed by atoms with van der Waals surface area (Å²) in [4.78, 5) is 14.0. The maximum atomic E-state index is 11.8. The van der Waals surface area contributed by atoms with Crippen molar-refractivity contribution in [1.29, 1.82) is 0 Å². The number of ether oxygens (including phenoxy) is 1. The van der Waals surface area contributed by atoms with E-state index >= 15 is 0 Å². The second kappa shape index (κ2) is 9.07. The first-order valence-electron chi connectivity index (χ1n) is 9.77. The van der Waals surface area contributed by atoms with Gasteiger partial charge >= 0.3 is 5.97 Å². The molecule has 4 nitrogen and oxygen atoms in total. The highest BCUT2D eigenvalue weighted by atomic mass is 16.5. The summed E-state index contributed by atoms with van der Waals surface area (Å²) in [5, 5.41) is 9.95. The molecule has 2 aromatic rings. The Morgan fingerprint density at radius 2 is 2.00 bits per heavy atom. The molecule has 2 aromatic carbocycles. The summed E-state index contributed by atoms with van der Waals surface area (Å²) in [6, 6.07) is 15.2. The van der Waals surface area contributed by atoms with E-state index in [2.05, 4.69) is 31.1 Å². The van der Waals surface area contributed by atoms with Crippen LogP contribution in [0.2, 0.25) is 0 Å². The summed E-state index contributed by atoms with van der Waals surface area (Å²) in [5.74, 6) is 0.934. The van der Waals surface area contributed by atoms with Crippen LogP contribution in [0.1, 0.15) is 46.7 Å². The number of carbonyl (C=O) groups excluding carboxylic acids is 1. The van der Waals surface area contributed by atoms with E-state index in [1.54, 1.807) is 12.1 Å². The Labute approximate surface area is 167 Å². The fraction of sp³-hybridized carbons (Fsp3) is 0.375. The van der Waals surface area contributed by atoms with E-state index in [4.69, 9.17) is 4.74 Å². The standard InChI is InChI=1S/C24H29NO3/c1-25(2)16-21-11-10-18(14-23(21)19-7-5-9-22(26)15-19)12-17-6-4-8-20(13-17)24(27)28-3/h4-9,12-13,15,21,23,26H,10-11,14,16H2,1-3H3/t21-,23+/m0/s1. The van der Waals surface area contributed by atoms with E-state index in [9.17, 15) is 9.90 Å². The molecule has 0 unspecified atom stereocenters. The van der Waals surface area contributed by atoms with Crippen molar-refractivity contribution in [2.75, 3.05) is 27.7 Å². The van der Waals surface area contributed by atoms with Crippen LogP contribution in [0.5, 0.6) is 5.75 Å². The topological polar surface area (TPSA) is 49.8 Å². The molecule has 0 bridgehead atoms. The van der Waals surface area contributed by atoms with Crippen LogP contribution in [0, 0.1) is 5.92 Å². The van der Waals surface area contributed by atoms with Crippen molar-refractivity contribution in [3.63, 3.8) is 0 Å². The van der Waals surface area contributed by atoms with Crippen LogP contribution in [0.25, 0.3) is 6.08 Å². The molecule has 0 saturated heterocycles. The van der Waals surface area contributed by atoms with Crippen LogP contribution in [-0.4, -0.2) is 43.7 Å². The van der Waals surface area contributed by atoms with Crippen molar-refractivity contribution in [1.82, 2.24) is 4.90 Å². The smallest absolute Gasteiger partial charge is 0.337 e. The third kappa shape index (κ3) is 5.02. The molecule has 3 rings (SSSR count). The Hall–Kier alpha value is -2.59. The van der Waals surface area contributed by atoms with Gasteiger partial charge in [0.25, 0.3) is 0 Å². The number of esters is 1. The largest absolute Gasteiger partial charge is 0.508 e. The summed E-state index contributed by atoms with van der Waals surface area (Å²) in [6.45, 7) is 1.03. The summed E-state index contributed by atoms with van der Waals surface area (Å²) in [6.07, 6.45) is 5.33. The summed E-state index contributed by atoms with van der Waals surface area (Å²) in [5.41, 5.74) is 4.17. The molecule has 148 valence electrons. The van der Waals surface area contributed by atoms with E-state index in [-0.39, 0.29) is 5.97 Å². The molecular weight excluding hydrogens is 350 g/mol. The zero-order valence-electron chi connectivity index (χ0n) is 16.9. The van der Waals surface area contributed by atoms with E-state index < -0.39 is 0 Å². The Bertz CT molecular complexity index is 856. The Morgan fingerprint density at radius 3 is 2.71 bits per heavy atom. The number of carbonyl (C=O) groups is 1. The molecule has 1 N–H and O–H groups in total. The minimum absolute atomic E-state index is 0.312. The number of hydrogen-bond acceptors (Lipinski definition) is 4. The van der Waals surface area contributed by atoms with E-state index in [0.717, 1.165) is 31.4 Å². The minimum Gasteiger partial charge on any atom is -0.508 e. The first kappa shape index (κ1) is 20.2. The highest BCUT2D eigenvalue weighted by molar-refractivity contribution is 5.90. The van der Waals surface area contributed by atoms with Gasteiger partial charge in [0, 0.05) is 6.54 Å². The van der Waals surface area contributed by atoms with Crippen molar-refractivity contribution in [2.45, 2.75) is 25.2 Å². The van der Waals surface area contributed by atoms with Gasteiger partial charge in [0.1, 0.15) is 5.75 Å². The van der Waals surface area contributed by atoms with Crippen LogP contribution in [0.4, 0.5) is 0 Å². The van der Waals surface area contributed by atoms with Gasteiger partial charge < -0.3 is 14.7 Å². The molecule has 1 saturated carbocycles. The lowest BCUT2D eigenvalue weighted by atomic mass is 9.73. The van der Waals surface area contributed by atoms with Crippen LogP contribution in [0.3, 0.4) is 0 Å². The van der Waals surface area contributed by atoms with Gasteiger partial charge in [-0.05, 0) is 80.6 Å². The molecule has 1 aliphatic rings. The van der Waals surface area contributed by atoms with Crippen molar-refractivity contribution in [3.8, 4) is 5.75 Å². The highest BCUT2D eigenvalue weighted by Gasteiger charge is 2.29. The number of methoxy groups -OCH3 is 1. The predicted octanol–water partition coefficient (Wildman–Crippen LogP) is 4.71. The van der Waals surface area contributed by atoms with Crippen LogP contribution < -0.4 is 0 Å². The average molecular weight is 380 g/mol. The molecule has 0 heterocycles. The lowest BCUT2D eigenvalue weighted by Gasteiger charge is -2.35. The van der Waals surface area contributed by atoms with Gasteiger partial charge in [-0.25, -0.2) is 4.79 Å². The zero-order valence-corrected chi connectivity index (χ0v) is 16.9. The van der Waals surface area contributed by atoms with Gasteiger partial charge in [-0.3, -0.25) is 0 Å². The predicted molar refractivity (Wildman–Crippen MR) is 113 cm³/mol. The van der Waals surface area contributed by atoms with Gasteiger partial charge in [-0.15, -0.1) is 0 Å². The average Bonchev–Trinajstić information content (AvgIpc) is 2.68. The molecule has 0 aromatic heterocycles. The fourth-order valence-electron chi connectivity index (χ4n) is 4.20. The Morgan fingerprint density at radius 1 is 1.21 bits per heavy atom. The van der Waals surface area contributed by atoms with E-state index in [1.807, 2.05) is 30.3 Å². The zero-order chi connectivity index (χ0) is 20.1. The maximum Gasteiger partial charge on any atom is 0.337 e. The van der Waals surface area contributed by atoms with Crippen LogP contribution >= 0.6 is 0 Å². The van der Waals surface area contributed by atoms with Crippen molar-refractivity contribution in [3.05, 3.63) is 70.8 Å². The normalized spacial score (nSPS) is 21.1. The first-order valence-corrected chi connectivity index (χ1v) is 9.77. The van der Waals surface area contributed by atoms with E-state index in [0.29, 0.717) is 23.1 Å².